The van der Waals surface area contributed by atoms with E-state index in [2.05, 4.69) is 25.3 Å². The minimum atomic E-state index is -0.0275. The second-order valence-electron chi connectivity index (χ2n) is 6.19. The fourth-order valence-corrected chi connectivity index (χ4v) is 2.35. The molecule has 0 saturated heterocycles. The summed E-state index contributed by atoms with van der Waals surface area (Å²) in [7, 11) is 1.68. The number of ether oxygens (including phenoxy) is 2. The van der Waals surface area contributed by atoms with Crippen molar-refractivity contribution in [2.45, 2.75) is 32.7 Å². The van der Waals surface area contributed by atoms with E-state index in [-0.39, 0.29) is 5.41 Å². The van der Waals surface area contributed by atoms with Gasteiger partial charge in [0.1, 0.15) is 5.82 Å². The minimum Gasteiger partial charge on any atom is -0.399 e. The molecule has 1 heterocycles. The first-order chi connectivity index (χ1) is 9.93. The molecule has 0 atom stereocenters. The van der Waals surface area contributed by atoms with Crippen molar-refractivity contribution in [3.8, 4) is 0 Å². The van der Waals surface area contributed by atoms with Gasteiger partial charge >= 0.3 is 0 Å². The standard InChI is InChI=1S/C16H25N3O2/c1-16(2,3)15-18-13-11-12(17)5-6-14(13)19(15)7-8-21-10-9-20-4/h5-6,11H,7-10,17H2,1-4H3. The summed E-state index contributed by atoms with van der Waals surface area (Å²) in [5.74, 6) is 1.05. The van der Waals surface area contributed by atoms with Gasteiger partial charge in [-0.25, -0.2) is 4.98 Å². The van der Waals surface area contributed by atoms with Crippen LogP contribution in [-0.4, -0.2) is 36.5 Å². The summed E-state index contributed by atoms with van der Waals surface area (Å²) in [5, 5.41) is 0. The lowest BCUT2D eigenvalue weighted by atomic mass is 9.95. The smallest absolute Gasteiger partial charge is 0.115 e. The van der Waals surface area contributed by atoms with E-state index >= 15 is 0 Å². The third kappa shape index (κ3) is 3.74. The molecule has 0 bridgehead atoms. The molecular weight excluding hydrogens is 266 g/mol. The van der Waals surface area contributed by atoms with Crippen molar-refractivity contribution in [1.29, 1.82) is 0 Å². The van der Waals surface area contributed by atoms with E-state index in [1.807, 2.05) is 18.2 Å². The van der Waals surface area contributed by atoms with Crippen molar-refractivity contribution in [3.05, 3.63) is 24.0 Å². The summed E-state index contributed by atoms with van der Waals surface area (Å²) in [6.07, 6.45) is 0. The van der Waals surface area contributed by atoms with Crippen molar-refractivity contribution in [1.82, 2.24) is 9.55 Å². The van der Waals surface area contributed by atoms with Crippen LogP contribution < -0.4 is 5.73 Å². The third-order valence-corrected chi connectivity index (χ3v) is 3.33. The molecule has 5 heteroatoms. The number of anilines is 1. The number of rotatable bonds is 6. The molecule has 116 valence electrons. The molecule has 1 aromatic heterocycles. The number of hydrogen-bond donors (Lipinski definition) is 1. The number of hydrogen-bond acceptors (Lipinski definition) is 4. The van der Waals surface area contributed by atoms with Gasteiger partial charge in [0.2, 0.25) is 0 Å². The Kier molecular flexibility index (Phi) is 4.85. The molecule has 2 rings (SSSR count). The lowest BCUT2D eigenvalue weighted by Crippen LogP contribution is -2.21. The average Bonchev–Trinajstić information content (AvgIpc) is 2.76. The second kappa shape index (κ2) is 6.45. The van der Waals surface area contributed by atoms with Crippen LogP contribution in [0.15, 0.2) is 18.2 Å². The van der Waals surface area contributed by atoms with Crippen molar-refractivity contribution < 1.29 is 9.47 Å². The minimum absolute atomic E-state index is 0.0275. The Labute approximate surface area is 126 Å². The number of fused-ring (bicyclic) bond motifs is 1. The molecule has 1 aromatic carbocycles. The zero-order valence-electron chi connectivity index (χ0n) is 13.3. The second-order valence-corrected chi connectivity index (χ2v) is 6.19. The molecule has 5 nitrogen and oxygen atoms in total. The van der Waals surface area contributed by atoms with Crippen LogP contribution in [0, 0.1) is 0 Å². The van der Waals surface area contributed by atoms with Crippen LogP contribution in [-0.2, 0) is 21.4 Å². The van der Waals surface area contributed by atoms with Crippen LogP contribution in [0.4, 0.5) is 5.69 Å². The van der Waals surface area contributed by atoms with Gasteiger partial charge in [0.05, 0.1) is 30.9 Å². The number of benzene rings is 1. The summed E-state index contributed by atoms with van der Waals surface area (Å²) in [5.41, 5.74) is 8.61. The predicted molar refractivity (Wildman–Crippen MR) is 85.5 cm³/mol. The molecule has 0 saturated carbocycles. The number of methoxy groups -OCH3 is 1. The van der Waals surface area contributed by atoms with E-state index in [1.165, 1.54) is 0 Å². The van der Waals surface area contributed by atoms with Crippen LogP contribution in [0.2, 0.25) is 0 Å². The molecule has 0 unspecified atom stereocenters. The molecule has 2 aromatic rings. The molecule has 0 radical (unpaired) electrons. The molecular formula is C16H25N3O2. The van der Waals surface area contributed by atoms with Crippen molar-refractivity contribution in [2.24, 2.45) is 0 Å². The Morgan fingerprint density at radius 1 is 1.19 bits per heavy atom. The van der Waals surface area contributed by atoms with E-state index in [4.69, 9.17) is 20.2 Å². The van der Waals surface area contributed by atoms with Crippen molar-refractivity contribution >= 4 is 16.7 Å². The van der Waals surface area contributed by atoms with E-state index in [1.54, 1.807) is 7.11 Å². The summed E-state index contributed by atoms with van der Waals surface area (Å²) < 4.78 is 12.8. The Balaban J connectivity index is 2.26. The average molecular weight is 291 g/mol. The molecule has 0 amide bonds. The predicted octanol–water partition coefficient (Wildman–Crippen LogP) is 2.58. The largest absolute Gasteiger partial charge is 0.399 e. The molecule has 0 aliphatic rings. The summed E-state index contributed by atoms with van der Waals surface area (Å²) in [6, 6.07) is 5.87. The molecule has 21 heavy (non-hydrogen) atoms. The van der Waals surface area contributed by atoms with Gasteiger partial charge in [0, 0.05) is 24.8 Å². The highest BCUT2D eigenvalue weighted by atomic mass is 16.5. The number of imidazole rings is 1. The fraction of sp³-hybridized carbons (Fsp3) is 0.562. The first kappa shape index (κ1) is 15.8. The van der Waals surface area contributed by atoms with Crippen LogP contribution in [0.3, 0.4) is 0 Å². The van der Waals surface area contributed by atoms with Crippen LogP contribution in [0.5, 0.6) is 0 Å². The maximum Gasteiger partial charge on any atom is 0.115 e. The highest BCUT2D eigenvalue weighted by Crippen LogP contribution is 2.27. The van der Waals surface area contributed by atoms with Gasteiger partial charge in [-0.2, -0.15) is 0 Å². The maximum absolute atomic E-state index is 5.86. The molecule has 0 aliphatic carbocycles. The Morgan fingerprint density at radius 3 is 2.62 bits per heavy atom. The van der Waals surface area contributed by atoms with Gasteiger partial charge in [-0.3, -0.25) is 0 Å². The first-order valence-corrected chi connectivity index (χ1v) is 7.26. The lowest BCUT2D eigenvalue weighted by Gasteiger charge is -2.20. The zero-order chi connectivity index (χ0) is 15.5. The zero-order valence-corrected chi connectivity index (χ0v) is 13.3. The molecule has 0 aliphatic heterocycles. The normalized spacial score (nSPS) is 12.2. The number of nitrogens with zero attached hydrogens (tertiary/aromatic N) is 2. The van der Waals surface area contributed by atoms with Gasteiger partial charge in [0.15, 0.2) is 0 Å². The van der Waals surface area contributed by atoms with Crippen LogP contribution >= 0.6 is 0 Å². The number of nitrogen functional groups attached to an aromatic ring is 1. The van der Waals surface area contributed by atoms with E-state index < -0.39 is 0 Å². The Morgan fingerprint density at radius 2 is 1.95 bits per heavy atom. The highest BCUT2D eigenvalue weighted by Gasteiger charge is 2.22. The summed E-state index contributed by atoms with van der Waals surface area (Å²) in [6.45, 7) is 9.15. The van der Waals surface area contributed by atoms with Gasteiger partial charge in [-0.05, 0) is 18.2 Å². The van der Waals surface area contributed by atoms with Crippen molar-refractivity contribution in [2.75, 3.05) is 32.7 Å². The van der Waals surface area contributed by atoms with Crippen LogP contribution in [0.25, 0.3) is 11.0 Å². The molecule has 0 fully saturated rings. The molecule has 0 spiro atoms. The highest BCUT2D eigenvalue weighted by molar-refractivity contribution is 5.79. The number of aromatic nitrogens is 2. The van der Waals surface area contributed by atoms with Gasteiger partial charge in [-0.15, -0.1) is 0 Å². The maximum atomic E-state index is 5.86. The topological polar surface area (TPSA) is 62.3 Å². The van der Waals surface area contributed by atoms with Crippen molar-refractivity contribution in [3.63, 3.8) is 0 Å². The van der Waals surface area contributed by atoms with Gasteiger partial charge < -0.3 is 19.8 Å². The monoisotopic (exact) mass is 291 g/mol. The first-order valence-electron chi connectivity index (χ1n) is 7.26. The van der Waals surface area contributed by atoms with Crippen LogP contribution in [0.1, 0.15) is 26.6 Å². The Bertz CT molecular complexity index is 599. The quantitative estimate of drug-likeness (QED) is 0.656. The SMILES string of the molecule is COCCOCCn1c(C(C)(C)C)nc2cc(N)ccc21. The summed E-state index contributed by atoms with van der Waals surface area (Å²) in [4.78, 5) is 4.76. The third-order valence-electron chi connectivity index (χ3n) is 3.33. The fourth-order valence-electron chi connectivity index (χ4n) is 2.35. The van der Waals surface area contributed by atoms with E-state index in [0.29, 0.717) is 19.8 Å². The van der Waals surface area contributed by atoms with E-state index in [0.717, 1.165) is 29.1 Å². The summed E-state index contributed by atoms with van der Waals surface area (Å²) >= 11 is 0. The number of nitrogens with two attached hydrogens (primary N) is 1. The van der Waals surface area contributed by atoms with Gasteiger partial charge in [-0.1, -0.05) is 20.8 Å². The molecule has 2 N–H and O–H groups in total. The lowest BCUT2D eigenvalue weighted by molar-refractivity contribution is 0.0664. The Hall–Kier alpha value is -1.59. The van der Waals surface area contributed by atoms with E-state index in [9.17, 15) is 0 Å². The van der Waals surface area contributed by atoms with Gasteiger partial charge in [0.25, 0.3) is 0 Å².